The van der Waals surface area contributed by atoms with Crippen LogP contribution in [0, 0.1) is 5.92 Å². The highest BCUT2D eigenvalue weighted by Gasteiger charge is 2.38. The van der Waals surface area contributed by atoms with Crippen molar-refractivity contribution in [1.82, 2.24) is 19.5 Å². The van der Waals surface area contributed by atoms with Gasteiger partial charge in [-0.3, -0.25) is 4.57 Å². The molecule has 2 aliphatic rings. The second-order valence-electron chi connectivity index (χ2n) is 16.1. The van der Waals surface area contributed by atoms with Gasteiger partial charge in [-0.1, -0.05) is 204 Å². The molecule has 4 heteroatoms. The summed E-state index contributed by atoms with van der Waals surface area (Å²) in [5.74, 6) is 2.22. The summed E-state index contributed by atoms with van der Waals surface area (Å²) in [5.41, 5.74) is 15.6. The third-order valence-electron chi connectivity index (χ3n) is 12.2. The van der Waals surface area contributed by atoms with Gasteiger partial charge in [0.05, 0.1) is 11.2 Å². The van der Waals surface area contributed by atoms with Gasteiger partial charge in [-0.15, -0.1) is 0 Å². The van der Waals surface area contributed by atoms with Crippen LogP contribution in [0.25, 0.3) is 78.2 Å². The minimum Gasteiger partial charge on any atom is -0.277 e. The fourth-order valence-electron chi connectivity index (χ4n) is 9.50. The monoisotopic (exact) mass is 762 g/mol. The van der Waals surface area contributed by atoms with Crippen LogP contribution in [0.15, 0.2) is 170 Å². The lowest BCUT2D eigenvalue weighted by Crippen LogP contribution is -2.16. The number of aromatic nitrogens is 4. The first-order chi connectivity index (χ1) is 28.9. The molecule has 0 amide bonds. The number of nitrogens with zero attached hydrogens (tertiary/aromatic N) is 4. The molecule has 0 N–H and O–H groups in total. The third-order valence-corrected chi connectivity index (χ3v) is 12.2. The van der Waals surface area contributed by atoms with Crippen LogP contribution in [0.2, 0.25) is 0 Å². The molecule has 286 valence electrons. The lowest BCUT2D eigenvalue weighted by Gasteiger charge is -2.25. The first-order valence-electron chi connectivity index (χ1n) is 20.9. The van der Waals surface area contributed by atoms with Gasteiger partial charge in [0.1, 0.15) is 0 Å². The van der Waals surface area contributed by atoms with Crippen LogP contribution < -0.4 is 0 Å². The zero-order chi connectivity index (χ0) is 40.3. The van der Waals surface area contributed by atoms with Gasteiger partial charge >= 0.3 is 0 Å². The average molecular weight is 763 g/mol. The molecule has 1 unspecified atom stereocenters. The predicted molar refractivity (Wildman–Crippen MR) is 246 cm³/mol. The summed E-state index contributed by atoms with van der Waals surface area (Å²) in [6.45, 7) is 11.1. The van der Waals surface area contributed by atoms with Crippen molar-refractivity contribution in [3.05, 3.63) is 198 Å². The van der Waals surface area contributed by atoms with Crippen molar-refractivity contribution in [3.8, 4) is 51.0 Å². The third kappa shape index (κ3) is 5.93. The molecule has 0 radical (unpaired) electrons. The smallest absolute Gasteiger partial charge is 0.238 e. The zero-order valence-electron chi connectivity index (χ0n) is 34.2. The second-order valence-corrected chi connectivity index (χ2v) is 16.1. The van der Waals surface area contributed by atoms with Crippen molar-refractivity contribution < 1.29 is 0 Å². The first-order valence-corrected chi connectivity index (χ1v) is 20.9. The Balaban J connectivity index is 0.00000207. The van der Waals surface area contributed by atoms with Crippen LogP contribution in [0.5, 0.6) is 0 Å². The Hall–Kier alpha value is -6.91. The van der Waals surface area contributed by atoms with Gasteiger partial charge in [0.15, 0.2) is 11.6 Å². The van der Waals surface area contributed by atoms with Crippen LogP contribution in [0.4, 0.5) is 0 Å². The molecule has 4 nitrogen and oxygen atoms in total. The molecule has 7 aromatic carbocycles. The van der Waals surface area contributed by atoms with E-state index >= 15 is 0 Å². The van der Waals surface area contributed by atoms with Crippen LogP contribution in [-0.4, -0.2) is 19.5 Å². The maximum Gasteiger partial charge on any atom is 0.238 e. The molecule has 0 bridgehead atoms. The fourth-order valence-corrected chi connectivity index (χ4v) is 9.50. The van der Waals surface area contributed by atoms with Gasteiger partial charge < -0.3 is 0 Å². The van der Waals surface area contributed by atoms with E-state index in [0.29, 0.717) is 23.5 Å². The predicted octanol–water partition coefficient (Wildman–Crippen LogP) is 13.9. The minimum absolute atomic E-state index is 0.113. The minimum atomic E-state index is -0.113. The molecule has 0 saturated carbocycles. The van der Waals surface area contributed by atoms with E-state index in [9.17, 15) is 0 Å². The van der Waals surface area contributed by atoms with Gasteiger partial charge in [-0.05, 0) is 62.2 Å². The van der Waals surface area contributed by atoms with Crippen LogP contribution >= 0.6 is 0 Å². The van der Waals surface area contributed by atoms with Gasteiger partial charge in [0, 0.05) is 32.9 Å². The molecule has 0 spiro atoms. The van der Waals surface area contributed by atoms with E-state index in [-0.39, 0.29) is 5.41 Å². The van der Waals surface area contributed by atoms with E-state index in [1.54, 1.807) is 0 Å². The molecular weight excluding hydrogens is 717 g/mol. The highest BCUT2D eigenvalue weighted by Crippen LogP contribution is 2.53. The molecule has 9 aromatic rings. The van der Waals surface area contributed by atoms with Gasteiger partial charge in [0.2, 0.25) is 5.95 Å². The Kier molecular flexibility index (Phi) is 8.94. The number of hydrogen-bond acceptors (Lipinski definition) is 3. The molecule has 2 aromatic heterocycles. The number of benzene rings is 7. The topological polar surface area (TPSA) is 43.6 Å². The van der Waals surface area contributed by atoms with Crippen LogP contribution in [-0.2, 0) is 11.8 Å². The molecule has 2 aliphatic carbocycles. The van der Waals surface area contributed by atoms with Crippen molar-refractivity contribution >= 4 is 27.2 Å². The fraction of sp³-hybridized carbons (Fsp3) is 0.145. The molecule has 11 rings (SSSR count). The first kappa shape index (κ1) is 36.4. The van der Waals surface area contributed by atoms with E-state index in [4.69, 9.17) is 15.0 Å². The second kappa shape index (κ2) is 14.5. The maximum atomic E-state index is 5.43. The Labute approximate surface area is 346 Å². The largest absolute Gasteiger partial charge is 0.277 e. The molecule has 0 fully saturated rings. The summed E-state index contributed by atoms with van der Waals surface area (Å²) in [4.78, 5) is 16.0. The zero-order valence-corrected chi connectivity index (χ0v) is 34.2. The highest BCUT2D eigenvalue weighted by atomic mass is 15.2. The molecule has 0 saturated heterocycles. The van der Waals surface area contributed by atoms with Crippen LogP contribution in [0.3, 0.4) is 0 Å². The van der Waals surface area contributed by atoms with Crippen molar-refractivity contribution in [3.63, 3.8) is 0 Å². The van der Waals surface area contributed by atoms with Crippen molar-refractivity contribution in [2.75, 3.05) is 0 Å². The van der Waals surface area contributed by atoms with E-state index < -0.39 is 0 Å². The molecule has 1 atom stereocenters. The van der Waals surface area contributed by atoms with E-state index in [1.807, 2.05) is 38.1 Å². The van der Waals surface area contributed by atoms with Gasteiger partial charge in [-0.2, -0.15) is 9.97 Å². The molecule has 0 aliphatic heterocycles. The summed E-state index contributed by atoms with van der Waals surface area (Å²) < 4.78 is 2.37. The van der Waals surface area contributed by atoms with E-state index in [0.717, 1.165) is 34.3 Å². The standard InChI is InChI=1S/C53H40N4.C2H6/c1-33-31-43(40-22-14-24-46-47(40)42-21-12-13-23-45(42)53(46,2)3)49-44(32-33)41-30-29-36-17-10-11-20-39(36)48(41)57(49)52-55-50(37-18-8-5-9-19-37)54-51(56-52)38-27-25-35(26-28-38)34-15-6-4-7-16-34;1-2/h4-31,33H,32H2,1-3H3;1-2H3. The Morgan fingerprint density at radius 2 is 1.10 bits per heavy atom. The van der Waals surface area contributed by atoms with E-state index in [2.05, 4.69) is 171 Å². The number of hydrogen-bond donors (Lipinski definition) is 0. The molecular formula is C55H46N4. The average Bonchev–Trinajstić information content (AvgIpc) is 3.76. The van der Waals surface area contributed by atoms with Crippen LogP contribution in [0.1, 0.15) is 62.6 Å². The number of rotatable bonds is 5. The van der Waals surface area contributed by atoms with Crippen molar-refractivity contribution in [2.45, 2.75) is 46.5 Å². The quantitative estimate of drug-likeness (QED) is 0.175. The Bertz CT molecular complexity index is 3060. The Morgan fingerprint density at radius 1 is 0.525 bits per heavy atom. The SMILES string of the molecule is CC.CC1C=C(c2cccc3c2-c2ccccc2C3(C)C)c2c(c3ccc4ccccc4c3n2-c2nc(-c3ccccc3)nc(-c3ccc(-c4ccccc4)cc3)n2)C1. The Morgan fingerprint density at radius 3 is 1.85 bits per heavy atom. The van der Waals surface area contributed by atoms with Crippen molar-refractivity contribution in [1.29, 1.82) is 0 Å². The number of allylic oxidation sites excluding steroid dienone is 1. The normalized spacial score (nSPS) is 14.9. The van der Waals surface area contributed by atoms with E-state index in [1.165, 1.54) is 60.7 Å². The van der Waals surface area contributed by atoms with Gasteiger partial charge in [0.25, 0.3) is 0 Å². The summed E-state index contributed by atoms with van der Waals surface area (Å²) in [5, 5.41) is 3.60. The summed E-state index contributed by atoms with van der Waals surface area (Å²) in [6, 6.07) is 58.5. The molecule has 2 heterocycles. The maximum absolute atomic E-state index is 5.43. The molecule has 59 heavy (non-hydrogen) atoms. The highest BCUT2D eigenvalue weighted by molar-refractivity contribution is 6.11. The lowest BCUT2D eigenvalue weighted by atomic mass is 9.80. The summed E-state index contributed by atoms with van der Waals surface area (Å²) in [6.07, 6.45) is 3.41. The lowest BCUT2D eigenvalue weighted by molar-refractivity contribution is 0.660. The summed E-state index contributed by atoms with van der Waals surface area (Å²) in [7, 11) is 0. The van der Waals surface area contributed by atoms with Crippen molar-refractivity contribution in [2.24, 2.45) is 5.92 Å². The summed E-state index contributed by atoms with van der Waals surface area (Å²) >= 11 is 0. The van der Waals surface area contributed by atoms with Gasteiger partial charge in [-0.25, -0.2) is 4.98 Å². The number of fused-ring (bicyclic) bond motifs is 8.